The van der Waals surface area contributed by atoms with Crippen LogP contribution in [0, 0.1) is 0 Å². The van der Waals surface area contributed by atoms with Gasteiger partial charge in [0.1, 0.15) is 0 Å². The van der Waals surface area contributed by atoms with Gasteiger partial charge in [-0.3, -0.25) is 4.79 Å². The van der Waals surface area contributed by atoms with E-state index in [1.54, 1.807) is 7.11 Å². The van der Waals surface area contributed by atoms with Crippen molar-refractivity contribution in [1.29, 1.82) is 0 Å². The van der Waals surface area contributed by atoms with Crippen LogP contribution < -0.4 is 5.73 Å². The van der Waals surface area contributed by atoms with Crippen LogP contribution in [-0.4, -0.2) is 55.9 Å². The Labute approximate surface area is 121 Å². The molecular formula is C15H28N2O3. The highest BCUT2D eigenvalue weighted by atomic mass is 16.5. The molecule has 2 fully saturated rings. The van der Waals surface area contributed by atoms with Gasteiger partial charge in [0.15, 0.2) is 0 Å². The molecule has 1 saturated carbocycles. The van der Waals surface area contributed by atoms with E-state index in [4.69, 9.17) is 15.2 Å². The molecule has 0 aromatic rings. The topological polar surface area (TPSA) is 64.8 Å². The lowest BCUT2D eigenvalue weighted by atomic mass is 10.1. The van der Waals surface area contributed by atoms with Crippen molar-refractivity contribution in [3.05, 3.63) is 0 Å². The minimum Gasteiger partial charge on any atom is -0.380 e. The van der Waals surface area contributed by atoms with Gasteiger partial charge in [-0.1, -0.05) is 12.8 Å². The molecule has 2 N–H and O–H groups in total. The smallest absolute Gasteiger partial charge is 0.225 e. The molecule has 1 unspecified atom stereocenters. The van der Waals surface area contributed by atoms with Crippen molar-refractivity contribution >= 4 is 5.91 Å². The molecule has 2 aliphatic rings. The summed E-state index contributed by atoms with van der Waals surface area (Å²) in [6.45, 7) is 2.00. The highest BCUT2D eigenvalue weighted by molar-refractivity contribution is 5.76. The summed E-state index contributed by atoms with van der Waals surface area (Å²) in [6, 6.07) is 0. The summed E-state index contributed by atoms with van der Waals surface area (Å²) in [5.74, 6) is 0.154. The second-order valence-electron chi connectivity index (χ2n) is 5.92. The van der Waals surface area contributed by atoms with Crippen LogP contribution >= 0.6 is 0 Å². The molecule has 2 rings (SSSR count). The molecule has 1 amide bonds. The molecule has 1 saturated heterocycles. The fourth-order valence-electron chi connectivity index (χ4n) is 3.12. The number of carbonyl (C=O) groups is 1. The number of nitrogens with zero attached hydrogens (tertiary/aromatic N) is 1. The molecule has 20 heavy (non-hydrogen) atoms. The van der Waals surface area contributed by atoms with Crippen LogP contribution in [0.1, 0.15) is 44.9 Å². The summed E-state index contributed by atoms with van der Waals surface area (Å²) >= 11 is 0. The molecule has 1 heterocycles. The summed E-state index contributed by atoms with van der Waals surface area (Å²) in [6.07, 6.45) is 8.00. The van der Waals surface area contributed by atoms with Crippen LogP contribution in [0.2, 0.25) is 0 Å². The number of piperidine rings is 1. The lowest BCUT2D eigenvalue weighted by molar-refractivity contribution is -0.137. The molecule has 1 atom stereocenters. The minimum absolute atomic E-state index is 0.154. The molecule has 1 aliphatic carbocycles. The molecule has 5 heteroatoms. The average molecular weight is 284 g/mol. The lowest BCUT2D eigenvalue weighted by Gasteiger charge is -2.34. The molecule has 116 valence electrons. The van der Waals surface area contributed by atoms with Gasteiger partial charge in [0, 0.05) is 26.7 Å². The van der Waals surface area contributed by atoms with E-state index in [0.717, 1.165) is 25.9 Å². The van der Waals surface area contributed by atoms with Gasteiger partial charge >= 0.3 is 0 Å². The number of likely N-dealkylation sites (tertiary alicyclic amines) is 1. The first-order chi connectivity index (χ1) is 9.72. The Morgan fingerprint density at radius 1 is 1.20 bits per heavy atom. The predicted octanol–water partition coefficient (Wildman–Crippen LogP) is 1.30. The number of hydrogen-bond donors (Lipinski definition) is 1. The van der Waals surface area contributed by atoms with Gasteiger partial charge in [-0.2, -0.15) is 0 Å². The lowest BCUT2D eigenvalue weighted by Crippen LogP contribution is -2.43. The zero-order chi connectivity index (χ0) is 14.4. The van der Waals surface area contributed by atoms with Crippen LogP contribution in [0.3, 0.4) is 0 Å². The van der Waals surface area contributed by atoms with Crippen molar-refractivity contribution in [2.75, 3.05) is 26.7 Å². The molecule has 0 aromatic heterocycles. The summed E-state index contributed by atoms with van der Waals surface area (Å²) in [4.78, 5) is 14.1. The van der Waals surface area contributed by atoms with Gasteiger partial charge in [-0.05, 0) is 25.7 Å². The Bertz CT molecular complexity index is 293. The maximum absolute atomic E-state index is 12.1. The van der Waals surface area contributed by atoms with Gasteiger partial charge in [-0.15, -0.1) is 0 Å². The van der Waals surface area contributed by atoms with Crippen molar-refractivity contribution in [2.45, 2.75) is 63.3 Å². The van der Waals surface area contributed by atoms with E-state index in [-0.39, 0.29) is 12.0 Å². The second kappa shape index (κ2) is 7.96. The Morgan fingerprint density at radius 2 is 1.80 bits per heavy atom. The Morgan fingerprint density at radius 3 is 2.35 bits per heavy atom. The van der Waals surface area contributed by atoms with Crippen molar-refractivity contribution in [2.24, 2.45) is 5.73 Å². The number of amides is 1. The molecule has 0 spiro atoms. The SMILES string of the molecule is COC(CN)CC(=O)N1CCC(OC2CCCC2)CC1. The third-order valence-electron chi connectivity index (χ3n) is 4.48. The number of rotatable bonds is 6. The van der Waals surface area contributed by atoms with Crippen LogP contribution in [0.25, 0.3) is 0 Å². The zero-order valence-electron chi connectivity index (χ0n) is 12.6. The Hall–Kier alpha value is -0.650. The highest BCUT2D eigenvalue weighted by Crippen LogP contribution is 2.25. The number of methoxy groups -OCH3 is 1. The van der Waals surface area contributed by atoms with Crippen LogP contribution in [-0.2, 0) is 14.3 Å². The maximum Gasteiger partial charge on any atom is 0.225 e. The second-order valence-corrected chi connectivity index (χ2v) is 5.92. The molecule has 5 nitrogen and oxygen atoms in total. The fourth-order valence-corrected chi connectivity index (χ4v) is 3.12. The molecule has 0 radical (unpaired) electrons. The summed E-state index contributed by atoms with van der Waals surface area (Å²) in [7, 11) is 1.60. The third kappa shape index (κ3) is 4.43. The van der Waals surface area contributed by atoms with Crippen LogP contribution in [0.5, 0.6) is 0 Å². The maximum atomic E-state index is 12.1. The van der Waals surface area contributed by atoms with E-state index in [1.165, 1.54) is 25.7 Å². The van der Waals surface area contributed by atoms with E-state index < -0.39 is 0 Å². The van der Waals surface area contributed by atoms with Crippen molar-refractivity contribution < 1.29 is 14.3 Å². The van der Waals surface area contributed by atoms with Gasteiger partial charge in [-0.25, -0.2) is 0 Å². The minimum atomic E-state index is -0.157. The van der Waals surface area contributed by atoms with Gasteiger partial charge in [0.2, 0.25) is 5.91 Å². The normalized spacial score (nSPS) is 23.2. The van der Waals surface area contributed by atoms with Crippen molar-refractivity contribution in [1.82, 2.24) is 4.90 Å². The first-order valence-electron chi connectivity index (χ1n) is 7.89. The van der Waals surface area contributed by atoms with E-state index in [0.29, 0.717) is 25.2 Å². The zero-order valence-corrected chi connectivity index (χ0v) is 12.6. The van der Waals surface area contributed by atoms with Crippen LogP contribution in [0.4, 0.5) is 0 Å². The standard InChI is InChI=1S/C15H28N2O3/c1-19-14(11-16)10-15(18)17-8-6-13(7-9-17)20-12-4-2-3-5-12/h12-14H,2-11,16H2,1H3. The van der Waals surface area contributed by atoms with Crippen LogP contribution in [0.15, 0.2) is 0 Å². The summed E-state index contributed by atoms with van der Waals surface area (Å²) in [5.41, 5.74) is 5.56. The quantitative estimate of drug-likeness (QED) is 0.798. The van der Waals surface area contributed by atoms with E-state index in [2.05, 4.69) is 0 Å². The average Bonchev–Trinajstić information content (AvgIpc) is 2.98. The molecule has 0 bridgehead atoms. The monoisotopic (exact) mass is 284 g/mol. The van der Waals surface area contributed by atoms with E-state index >= 15 is 0 Å². The predicted molar refractivity (Wildman–Crippen MR) is 77.4 cm³/mol. The van der Waals surface area contributed by atoms with E-state index in [1.807, 2.05) is 4.90 Å². The van der Waals surface area contributed by atoms with Gasteiger partial charge < -0.3 is 20.1 Å². The molecule has 1 aliphatic heterocycles. The first kappa shape index (κ1) is 15.7. The number of ether oxygens (including phenoxy) is 2. The Balaban J connectivity index is 1.68. The Kier molecular flexibility index (Phi) is 6.26. The molecular weight excluding hydrogens is 256 g/mol. The fraction of sp³-hybridized carbons (Fsp3) is 0.933. The van der Waals surface area contributed by atoms with Gasteiger partial charge in [0.25, 0.3) is 0 Å². The number of hydrogen-bond acceptors (Lipinski definition) is 4. The number of nitrogens with two attached hydrogens (primary N) is 1. The number of carbonyl (C=O) groups excluding carboxylic acids is 1. The van der Waals surface area contributed by atoms with Gasteiger partial charge in [0.05, 0.1) is 24.7 Å². The molecule has 0 aromatic carbocycles. The largest absolute Gasteiger partial charge is 0.380 e. The van der Waals surface area contributed by atoms with E-state index in [9.17, 15) is 4.79 Å². The highest BCUT2D eigenvalue weighted by Gasteiger charge is 2.27. The summed E-state index contributed by atoms with van der Waals surface area (Å²) < 4.78 is 11.3. The summed E-state index contributed by atoms with van der Waals surface area (Å²) in [5, 5.41) is 0. The van der Waals surface area contributed by atoms with Crippen molar-refractivity contribution in [3.63, 3.8) is 0 Å². The first-order valence-corrected chi connectivity index (χ1v) is 7.89. The third-order valence-corrected chi connectivity index (χ3v) is 4.48. The van der Waals surface area contributed by atoms with Crippen molar-refractivity contribution in [3.8, 4) is 0 Å².